The van der Waals surface area contributed by atoms with Crippen molar-refractivity contribution >= 4 is 29.1 Å². The standard InChI is InChI=1S/C18H21Cl2NO/c19-14-1-2-15(16(20)6-14)17(22)21-10-18-7-11-3-12(8-18)5-13(4-11)9-18/h1-2,6,11-13H,3-5,7-10H2,(H,21,22). The summed E-state index contributed by atoms with van der Waals surface area (Å²) < 4.78 is 0. The van der Waals surface area contributed by atoms with Crippen LogP contribution in [0.4, 0.5) is 0 Å². The first-order valence-electron chi connectivity index (χ1n) is 8.26. The average Bonchev–Trinajstić information content (AvgIpc) is 2.43. The number of nitrogens with one attached hydrogen (secondary N) is 1. The molecule has 4 saturated carbocycles. The number of benzene rings is 1. The average molecular weight is 338 g/mol. The van der Waals surface area contributed by atoms with E-state index in [1.54, 1.807) is 18.2 Å². The Hall–Kier alpha value is -0.730. The number of carbonyl (C=O) groups is 1. The zero-order valence-electron chi connectivity index (χ0n) is 12.6. The number of rotatable bonds is 3. The van der Waals surface area contributed by atoms with E-state index in [-0.39, 0.29) is 5.91 Å². The van der Waals surface area contributed by atoms with Gasteiger partial charge in [-0.2, -0.15) is 0 Å². The van der Waals surface area contributed by atoms with Crippen molar-refractivity contribution in [3.05, 3.63) is 33.8 Å². The normalized spacial score (nSPS) is 35.6. The van der Waals surface area contributed by atoms with Crippen LogP contribution < -0.4 is 5.32 Å². The Bertz CT molecular complexity index is 578. The molecule has 1 N–H and O–H groups in total. The van der Waals surface area contributed by atoms with Crippen LogP contribution in [0.3, 0.4) is 0 Å². The molecule has 1 aromatic carbocycles. The van der Waals surface area contributed by atoms with Gasteiger partial charge in [-0.25, -0.2) is 0 Å². The van der Waals surface area contributed by atoms with Crippen molar-refractivity contribution in [3.63, 3.8) is 0 Å². The predicted molar refractivity (Wildman–Crippen MR) is 89.4 cm³/mol. The topological polar surface area (TPSA) is 29.1 Å². The first kappa shape index (κ1) is 14.8. The zero-order chi connectivity index (χ0) is 15.3. The fraction of sp³-hybridized carbons (Fsp3) is 0.611. The van der Waals surface area contributed by atoms with Gasteiger partial charge in [0.1, 0.15) is 0 Å². The quantitative estimate of drug-likeness (QED) is 0.831. The predicted octanol–water partition coefficient (Wildman–Crippen LogP) is 4.94. The molecule has 4 bridgehead atoms. The maximum atomic E-state index is 12.4. The van der Waals surface area contributed by atoms with Crippen molar-refractivity contribution in [2.45, 2.75) is 38.5 Å². The maximum Gasteiger partial charge on any atom is 0.252 e. The molecule has 0 unspecified atom stereocenters. The lowest BCUT2D eigenvalue weighted by Gasteiger charge is -2.56. The summed E-state index contributed by atoms with van der Waals surface area (Å²) in [7, 11) is 0. The summed E-state index contributed by atoms with van der Waals surface area (Å²) in [4.78, 5) is 12.4. The molecule has 0 saturated heterocycles. The molecule has 4 fully saturated rings. The molecule has 0 aliphatic heterocycles. The highest BCUT2D eigenvalue weighted by Crippen LogP contribution is 2.59. The Kier molecular flexibility index (Phi) is 3.65. The molecule has 22 heavy (non-hydrogen) atoms. The first-order valence-corrected chi connectivity index (χ1v) is 9.02. The molecular formula is C18H21Cl2NO. The van der Waals surface area contributed by atoms with Crippen LogP contribution in [-0.2, 0) is 0 Å². The number of carbonyl (C=O) groups excluding carboxylic acids is 1. The lowest BCUT2D eigenvalue weighted by Crippen LogP contribution is -2.51. The summed E-state index contributed by atoms with van der Waals surface area (Å²) in [5.74, 6) is 2.64. The third kappa shape index (κ3) is 2.65. The van der Waals surface area contributed by atoms with E-state index in [9.17, 15) is 4.79 Å². The van der Waals surface area contributed by atoms with Gasteiger partial charge in [-0.15, -0.1) is 0 Å². The van der Waals surface area contributed by atoms with E-state index in [0.29, 0.717) is 21.0 Å². The second kappa shape index (κ2) is 5.42. The lowest BCUT2D eigenvalue weighted by atomic mass is 9.49. The van der Waals surface area contributed by atoms with Crippen molar-refractivity contribution in [2.24, 2.45) is 23.2 Å². The summed E-state index contributed by atoms with van der Waals surface area (Å²) in [6, 6.07) is 5.05. The van der Waals surface area contributed by atoms with Crippen LogP contribution in [0.2, 0.25) is 10.0 Å². The second-order valence-electron chi connectivity index (χ2n) is 7.72. The molecule has 0 spiro atoms. The molecule has 0 heterocycles. The van der Waals surface area contributed by atoms with E-state index in [0.717, 1.165) is 24.3 Å². The minimum absolute atomic E-state index is 0.0718. The van der Waals surface area contributed by atoms with Crippen LogP contribution in [0.5, 0.6) is 0 Å². The van der Waals surface area contributed by atoms with Gasteiger partial charge in [0.15, 0.2) is 0 Å². The van der Waals surface area contributed by atoms with Gasteiger partial charge in [0, 0.05) is 11.6 Å². The van der Waals surface area contributed by atoms with Crippen LogP contribution in [0, 0.1) is 23.2 Å². The van der Waals surface area contributed by atoms with Gasteiger partial charge < -0.3 is 5.32 Å². The lowest BCUT2D eigenvalue weighted by molar-refractivity contribution is -0.0503. The summed E-state index contributed by atoms with van der Waals surface area (Å²) in [6.07, 6.45) is 8.18. The molecule has 4 aliphatic carbocycles. The Morgan fingerprint density at radius 3 is 2.23 bits per heavy atom. The van der Waals surface area contributed by atoms with E-state index in [2.05, 4.69) is 5.32 Å². The molecule has 0 aromatic heterocycles. The maximum absolute atomic E-state index is 12.4. The molecule has 4 aliphatic rings. The Balaban J connectivity index is 1.45. The number of hydrogen-bond donors (Lipinski definition) is 1. The summed E-state index contributed by atoms with van der Waals surface area (Å²) in [5.41, 5.74) is 0.874. The van der Waals surface area contributed by atoms with Crippen LogP contribution >= 0.6 is 23.2 Å². The minimum Gasteiger partial charge on any atom is -0.351 e. The summed E-state index contributed by atoms with van der Waals surface area (Å²) in [6.45, 7) is 0.800. The smallest absolute Gasteiger partial charge is 0.252 e. The van der Waals surface area contributed by atoms with Crippen LogP contribution in [0.25, 0.3) is 0 Å². The van der Waals surface area contributed by atoms with Crippen molar-refractivity contribution in [2.75, 3.05) is 6.54 Å². The van der Waals surface area contributed by atoms with Crippen molar-refractivity contribution < 1.29 is 4.79 Å². The molecule has 4 heteroatoms. The van der Waals surface area contributed by atoms with Gasteiger partial charge in [0.25, 0.3) is 5.91 Å². The van der Waals surface area contributed by atoms with Crippen LogP contribution in [0.15, 0.2) is 18.2 Å². The highest BCUT2D eigenvalue weighted by Gasteiger charge is 2.50. The highest BCUT2D eigenvalue weighted by molar-refractivity contribution is 6.36. The van der Waals surface area contributed by atoms with E-state index in [1.165, 1.54) is 38.5 Å². The second-order valence-corrected chi connectivity index (χ2v) is 8.57. The molecule has 1 aromatic rings. The summed E-state index contributed by atoms with van der Waals surface area (Å²) >= 11 is 12.0. The molecular weight excluding hydrogens is 317 g/mol. The third-order valence-corrected chi connectivity index (χ3v) is 6.51. The molecule has 0 radical (unpaired) electrons. The SMILES string of the molecule is O=C(NCC12CC3CC(CC(C3)C1)C2)c1ccc(Cl)cc1Cl. The van der Waals surface area contributed by atoms with Crippen molar-refractivity contribution in [3.8, 4) is 0 Å². The zero-order valence-corrected chi connectivity index (χ0v) is 14.1. The largest absolute Gasteiger partial charge is 0.351 e. The van der Waals surface area contributed by atoms with Gasteiger partial charge in [0.2, 0.25) is 0 Å². The van der Waals surface area contributed by atoms with E-state index >= 15 is 0 Å². The van der Waals surface area contributed by atoms with Gasteiger partial charge in [-0.05, 0) is 79.9 Å². The number of halogens is 2. The molecule has 118 valence electrons. The highest BCUT2D eigenvalue weighted by atomic mass is 35.5. The van der Waals surface area contributed by atoms with E-state index in [1.807, 2.05) is 0 Å². The van der Waals surface area contributed by atoms with Gasteiger partial charge in [0.05, 0.1) is 10.6 Å². The third-order valence-electron chi connectivity index (χ3n) is 5.96. The minimum atomic E-state index is -0.0718. The molecule has 5 rings (SSSR count). The van der Waals surface area contributed by atoms with Gasteiger partial charge in [-0.1, -0.05) is 23.2 Å². The molecule has 0 atom stereocenters. The summed E-state index contributed by atoms with van der Waals surface area (Å²) in [5, 5.41) is 4.13. The Morgan fingerprint density at radius 1 is 1.09 bits per heavy atom. The first-order chi connectivity index (χ1) is 10.5. The number of hydrogen-bond acceptors (Lipinski definition) is 1. The number of amides is 1. The van der Waals surface area contributed by atoms with Crippen molar-refractivity contribution in [1.29, 1.82) is 0 Å². The fourth-order valence-electron chi connectivity index (χ4n) is 5.54. The Morgan fingerprint density at radius 2 is 1.68 bits per heavy atom. The molecule has 1 amide bonds. The van der Waals surface area contributed by atoms with Gasteiger partial charge >= 0.3 is 0 Å². The fourth-order valence-corrected chi connectivity index (χ4v) is 6.04. The Labute approximate surface area is 141 Å². The van der Waals surface area contributed by atoms with Gasteiger partial charge in [-0.3, -0.25) is 4.79 Å². The van der Waals surface area contributed by atoms with Crippen molar-refractivity contribution in [1.82, 2.24) is 5.32 Å². The van der Waals surface area contributed by atoms with Crippen LogP contribution in [0.1, 0.15) is 48.9 Å². The monoisotopic (exact) mass is 337 g/mol. The van der Waals surface area contributed by atoms with E-state index < -0.39 is 0 Å². The van der Waals surface area contributed by atoms with E-state index in [4.69, 9.17) is 23.2 Å². The molecule has 2 nitrogen and oxygen atoms in total. The van der Waals surface area contributed by atoms with Crippen LogP contribution in [-0.4, -0.2) is 12.5 Å².